The Bertz CT molecular complexity index is 171. The summed E-state index contributed by atoms with van der Waals surface area (Å²) in [5, 5.41) is 2.25. The van der Waals surface area contributed by atoms with Gasteiger partial charge in [-0.15, -0.1) is 11.6 Å². The molecule has 5 heteroatoms. The van der Waals surface area contributed by atoms with Crippen LogP contribution in [0.2, 0.25) is 0 Å². The lowest BCUT2D eigenvalue weighted by molar-refractivity contribution is 1.04. The topological polar surface area (TPSA) is 24.4 Å². The van der Waals surface area contributed by atoms with E-state index in [-0.39, 0.29) is 0 Å². The zero-order chi connectivity index (χ0) is 9.40. The average molecular weight is 225 g/mol. The van der Waals surface area contributed by atoms with Gasteiger partial charge in [-0.2, -0.15) is 0 Å². The highest BCUT2D eigenvalue weighted by Crippen LogP contribution is 2.14. The van der Waals surface area contributed by atoms with Crippen molar-refractivity contribution in [3.8, 4) is 0 Å². The van der Waals surface area contributed by atoms with Crippen LogP contribution in [0.5, 0.6) is 0 Å². The van der Waals surface area contributed by atoms with Gasteiger partial charge < -0.3 is 0 Å². The van der Waals surface area contributed by atoms with Crippen LogP contribution in [0.4, 0.5) is 0 Å². The number of halogens is 1. The van der Waals surface area contributed by atoms with Crippen molar-refractivity contribution in [2.45, 2.75) is 13.8 Å². The van der Waals surface area contributed by atoms with E-state index in [2.05, 4.69) is 16.3 Å². The summed E-state index contributed by atoms with van der Waals surface area (Å²) in [5.41, 5.74) is 0. The van der Waals surface area contributed by atoms with E-state index in [0.717, 1.165) is 16.6 Å². The van der Waals surface area contributed by atoms with Crippen molar-refractivity contribution >= 4 is 40.4 Å². The van der Waals surface area contributed by atoms with Crippen LogP contribution in [0.1, 0.15) is 13.8 Å². The molecule has 0 aliphatic heterocycles. The molecule has 0 aromatic rings. The molecule has 1 N–H and O–H groups in total. The molecule has 0 fully saturated rings. The first-order chi connectivity index (χ1) is 5.70. The maximum absolute atomic E-state index is 5.51. The zero-order valence-electron chi connectivity index (χ0n) is 7.26. The van der Waals surface area contributed by atoms with E-state index < -0.39 is 0 Å². The second kappa shape index (κ2) is 7.98. The second-order valence-electron chi connectivity index (χ2n) is 1.88. The molecule has 0 atom stereocenters. The van der Waals surface area contributed by atoms with Gasteiger partial charge in [-0.05, 0) is 18.9 Å². The van der Waals surface area contributed by atoms with Crippen molar-refractivity contribution in [3.05, 3.63) is 11.6 Å². The number of rotatable bonds is 5. The van der Waals surface area contributed by atoms with Gasteiger partial charge in [0.05, 0.1) is 10.3 Å². The van der Waals surface area contributed by atoms with Gasteiger partial charge in [-0.1, -0.05) is 25.3 Å². The van der Waals surface area contributed by atoms with Crippen molar-refractivity contribution in [1.29, 1.82) is 0 Å². The van der Waals surface area contributed by atoms with Crippen LogP contribution in [0.15, 0.2) is 16.6 Å². The molecule has 12 heavy (non-hydrogen) atoms. The summed E-state index contributed by atoms with van der Waals surface area (Å²) in [6, 6.07) is 0. The molecule has 0 aliphatic carbocycles. The van der Waals surface area contributed by atoms with Gasteiger partial charge in [0.1, 0.15) is 5.03 Å². The second-order valence-corrected chi connectivity index (χ2v) is 4.59. The molecule has 0 amide bonds. The third-order valence-electron chi connectivity index (χ3n) is 0.880. The molecular formula is C7H13ClN2S2. The molecule has 0 saturated carbocycles. The lowest BCUT2D eigenvalue weighted by Crippen LogP contribution is -2.00. The molecule has 0 rings (SSSR count). The van der Waals surface area contributed by atoms with Gasteiger partial charge in [0, 0.05) is 6.54 Å². The fraction of sp³-hybridized carbons (Fsp3) is 0.571. The first-order valence-electron chi connectivity index (χ1n) is 3.53. The number of hydrogen-bond acceptors (Lipinski definition) is 4. The molecule has 2 nitrogen and oxygen atoms in total. The Hall–Kier alpha value is 0.360. The molecule has 0 heterocycles. The van der Waals surface area contributed by atoms with Crippen molar-refractivity contribution in [2.75, 3.05) is 11.8 Å². The van der Waals surface area contributed by atoms with Crippen LogP contribution < -0.4 is 4.72 Å². The van der Waals surface area contributed by atoms with Gasteiger partial charge in [-0.25, -0.2) is 4.99 Å². The van der Waals surface area contributed by atoms with E-state index in [4.69, 9.17) is 11.6 Å². The van der Waals surface area contributed by atoms with Crippen LogP contribution in [-0.2, 0) is 0 Å². The summed E-state index contributed by atoms with van der Waals surface area (Å²) in [5.74, 6) is 0. The van der Waals surface area contributed by atoms with Gasteiger partial charge >= 0.3 is 0 Å². The highest BCUT2D eigenvalue weighted by atomic mass is 35.5. The van der Waals surface area contributed by atoms with Gasteiger partial charge in [-0.3, -0.25) is 4.72 Å². The van der Waals surface area contributed by atoms with Gasteiger partial charge in [0.25, 0.3) is 0 Å². The molecule has 0 aromatic carbocycles. The molecule has 0 unspecified atom stereocenters. The van der Waals surface area contributed by atoms with E-state index in [1.807, 2.05) is 13.8 Å². The van der Waals surface area contributed by atoms with E-state index in [1.54, 1.807) is 0 Å². The maximum atomic E-state index is 5.51. The highest BCUT2D eigenvalue weighted by molar-refractivity contribution is 8.14. The smallest absolute Gasteiger partial charge is 0.105 e. The SMILES string of the molecule is C=C(N=C(C)SCCl)SNCC. The van der Waals surface area contributed by atoms with Crippen LogP contribution in [0, 0.1) is 0 Å². The van der Waals surface area contributed by atoms with E-state index >= 15 is 0 Å². The zero-order valence-corrected chi connectivity index (χ0v) is 9.65. The first kappa shape index (κ1) is 12.4. The minimum atomic E-state index is 0.536. The standard InChI is InChI=1S/C7H13ClN2S2/c1-4-9-12-7(3)10-6(2)11-5-8/h9H,3-5H2,1-2H3. The Morgan fingerprint density at radius 2 is 2.33 bits per heavy atom. The van der Waals surface area contributed by atoms with E-state index in [0.29, 0.717) is 5.21 Å². The van der Waals surface area contributed by atoms with E-state index in [9.17, 15) is 0 Å². The molecule has 0 radical (unpaired) electrons. The summed E-state index contributed by atoms with van der Waals surface area (Å²) in [6.45, 7) is 8.63. The van der Waals surface area contributed by atoms with Gasteiger partial charge in [0.15, 0.2) is 0 Å². The van der Waals surface area contributed by atoms with E-state index in [1.165, 1.54) is 23.7 Å². The fourth-order valence-corrected chi connectivity index (χ4v) is 1.82. The van der Waals surface area contributed by atoms with Crippen LogP contribution in [0.3, 0.4) is 0 Å². The number of thioether (sulfide) groups is 1. The predicted molar refractivity (Wildman–Crippen MR) is 61.8 cm³/mol. The van der Waals surface area contributed by atoms with Crippen molar-refractivity contribution < 1.29 is 0 Å². The summed E-state index contributed by atoms with van der Waals surface area (Å²) in [4.78, 5) is 4.21. The maximum Gasteiger partial charge on any atom is 0.105 e. The number of nitrogens with one attached hydrogen (secondary N) is 1. The molecule has 0 aliphatic rings. The first-order valence-corrected chi connectivity index (χ1v) is 5.87. The molecule has 0 saturated heterocycles. The number of hydrogen-bond donors (Lipinski definition) is 1. The van der Waals surface area contributed by atoms with Gasteiger partial charge in [0.2, 0.25) is 0 Å². The quantitative estimate of drug-likeness (QED) is 0.336. The third-order valence-corrected chi connectivity index (χ3v) is 2.59. The highest BCUT2D eigenvalue weighted by Gasteiger charge is 1.93. The number of alkyl halides is 1. The summed E-state index contributed by atoms with van der Waals surface area (Å²) < 4.78 is 3.06. The number of aliphatic imine (C=N–C) groups is 1. The third kappa shape index (κ3) is 7.03. The summed E-state index contributed by atoms with van der Waals surface area (Å²) >= 11 is 8.46. The van der Waals surface area contributed by atoms with Crippen molar-refractivity contribution in [1.82, 2.24) is 4.72 Å². The molecule has 0 aromatic heterocycles. The summed E-state index contributed by atoms with van der Waals surface area (Å²) in [7, 11) is 0. The monoisotopic (exact) mass is 224 g/mol. The minimum absolute atomic E-state index is 0.536. The number of nitrogens with zero attached hydrogens (tertiary/aromatic N) is 1. The largest absolute Gasteiger partial charge is 0.259 e. The lowest BCUT2D eigenvalue weighted by Gasteiger charge is -2.00. The average Bonchev–Trinajstić information content (AvgIpc) is 2.01. The van der Waals surface area contributed by atoms with Crippen LogP contribution in [-0.4, -0.2) is 16.8 Å². The van der Waals surface area contributed by atoms with Crippen molar-refractivity contribution in [3.63, 3.8) is 0 Å². The molecule has 0 spiro atoms. The van der Waals surface area contributed by atoms with Crippen molar-refractivity contribution in [2.24, 2.45) is 4.99 Å². The summed E-state index contributed by atoms with van der Waals surface area (Å²) in [6.07, 6.45) is 0. The van der Waals surface area contributed by atoms with Crippen LogP contribution >= 0.6 is 35.3 Å². The lowest BCUT2D eigenvalue weighted by atomic mass is 10.8. The molecular weight excluding hydrogens is 212 g/mol. The Balaban J connectivity index is 3.71. The normalized spacial score (nSPS) is 11.8. The molecule has 0 bridgehead atoms. The van der Waals surface area contributed by atoms with Crippen LogP contribution in [0.25, 0.3) is 0 Å². The fourth-order valence-electron chi connectivity index (χ4n) is 0.465. The Kier molecular flexibility index (Phi) is 8.22. The molecule has 70 valence electrons. The predicted octanol–water partition coefficient (Wildman–Crippen LogP) is 3.06. The minimum Gasteiger partial charge on any atom is -0.259 e. The Morgan fingerprint density at radius 1 is 1.67 bits per heavy atom. The Labute approximate surface area is 87.4 Å². The Morgan fingerprint density at radius 3 is 2.83 bits per heavy atom.